The quantitative estimate of drug-likeness (QED) is 0.761. The maximum atomic E-state index is 10.0. The van der Waals surface area contributed by atoms with E-state index in [0.717, 1.165) is 25.1 Å². The van der Waals surface area contributed by atoms with E-state index in [1.165, 1.54) is 0 Å². The lowest BCUT2D eigenvalue weighted by molar-refractivity contribution is 0.117. The summed E-state index contributed by atoms with van der Waals surface area (Å²) in [7, 11) is 3.69. The average molecular weight is 258 g/mol. The maximum absolute atomic E-state index is 10.0. The zero-order valence-corrected chi connectivity index (χ0v) is 11.2. The number of likely N-dealkylation sites (N-methyl/N-ethyl adjacent to an activating group) is 1. The van der Waals surface area contributed by atoms with Crippen LogP contribution in [-0.2, 0) is 4.74 Å². The molecule has 1 unspecified atom stereocenters. The number of ether oxygens (including phenoxy) is 1. The first-order chi connectivity index (χ1) is 8.13. The monoisotopic (exact) mass is 257 g/mol. The Morgan fingerprint density at radius 2 is 2.00 bits per heavy atom. The molecule has 0 radical (unpaired) electrons. The summed E-state index contributed by atoms with van der Waals surface area (Å²) in [6.45, 7) is 2.28. The van der Waals surface area contributed by atoms with Gasteiger partial charge in [0.15, 0.2) is 0 Å². The molecule has 0 saturated carbocycles. The van der Waals surface area contributed by atoms with Crippen molar-refractivity contribution in [3.05, 3.63) is 34.9 Å². The van der Waals surface area contributed by atoms with Gasteiger partial charge in [-0.05, 0) is 31.2 Å². The third-order valence-corrected chi connectivity index (χ3v) is 2.88. The van der Waals surface area contributed by atoms with Gasteiger partial charge in [-0.25, -0.2) is 0 Å². The highest BCUT2D eigenvalue weighted by atomic mass is 35.5. The topological polar surface area (TPSA) is 32.7 Å². The fourth-order valence-electron chi connectivity index (χ4n) is 1.66. The van der Waals surface area contributed by atoms with Gasteiger partial charge in [0, 0.05) is 31.8 Å². The fraction of sp³-hybridized carbons (Fsp3) is 0.538. The van der Waals surface area contributed by atoms with Crippen molar-refractivity contribution < 1.29 is 9.84 Å². The minimum absolute atomic E-state index is 0.472. The molecule has 4 heteroatoms. The predicted octanol–water partition coefficient (Wildman–Crippen LogP) is 2.34. The molecule has 17 heavy (non-hydrogen) atoms. The van der Waals surface area contributed by atoms with E-state index in [1.807, 2.05) is 19.2 Å². The van der Waals surface area contributed by atoms with E-state index < -0.39 is 6.10 Å². The molecule has 0 aliphatic heterocycles. The second-order valence-electron chi connectivity index (χ2n) is 4.18. The Morgan fingerprint density at radius 3 is 2.59 bits per heavy atom. The first kappa shape index (κ1) is 14.5. The first-order valence-corrected chi connectivity index (χ1v) is 6.12. The molecule has 96 valence electrons. The third-order valence-electron chi connectivity index (χ3n) is 2.63. The van der Waals surface area contributed by atoms with E-state index in [1.54, 1.807) is 19.2 Å². The van der Waals surface area contributed by atoms with Crippen LogP contribution < -0.4 is 0 Å². The number of benzene rings is 1. The summed E-state index contributed by atoms with van der Waals surface area (Å²) in [4.78, 5) is 2.10. The number of halogens is 1. The molecule has 0 spiro atoms. The third kappa shape index (κ3) is 5.50. The number of nitrogens with zero attached hydrogens (tertiary/aromatic N) is 1. The molecule has 1 atom stereocenters. The minimum Gasteiger partial charge on any atom is -0.387 e. The summed E-state index contributed by atoms with van der Waals surface area (Å²) in [5, 5.41) is 10.7. The largest absolute Gasteiger partial charge is 0.387 e. The average Bonchev–Trinajstić information content (AvgIpc) is 2.30. The van der Waals surface area contributed by atoms with Crippen LogP contribution in [0.1, 0.15) is 18.1 Å². The van der Waals surface area contributed by atoms with Crippen molar-refractivity contribution >= 4 is 11.6 Å². The van der Waals surface area contributed by atoms with Crippen LogP contribution in [0.2, 0.25) is 5.02 Å². The van der Waals surface area contributed by atoms with Crippen LogP contribution in [0.25, 0.3) is 0 Å². The second-order valence-corrected chi connectivity index (χ2v) is 4.61. The Bertz CT molecular complexity index is 316. The molecular weight excluding hydrogens is 238 g/mol. The van der Waals surface area contributed by atoms with Gasteiger partial charge in [-0.2, -0.15) is 0 Å². The number of aliphatic hydroxyl groups excluding tert-OH is 1. The van der Waals surface area contributed by atoms with Crippen LogP contribution in [0.4, 0.5) is 0 Å². The van der Waals surface area contributed by atoms with Gasteiger partial charge in [0.05, 0.1) is 6.10 Å². The van der Waals surface area contributed by atoms with Crippen LogP contribution >= 0.6 is 11.6 Å². The van der Waals surface area contributed by atoms with Gasteiger partial charge in [-0.3, -0.25) is 0 Å². The van der Waals surface area contributed by atoms with E-state index in [2.05, 4.69) is 4.90 Å². The molecule has 1 N–H and O–H groups in total. The summed E-state index contributed by atoms with van der Waals surface area (Å²) >= 11 is 5.80. The number of hydrogen-bond acceptors (Lipinski definition) is 3. The van der Waals surface area contributed by atoms with Crippen molar-refractivity contribution in [1.82, 2.24) is 4.90 Å². The molecule has 1 aromatic carbocycles. The molecule has 0 amide bonds. The summed E-state index contributed by atoms with van der Waals surface area (Å²) < 4.78 is 4.99. The Kier molecular flexibility index (Phi) is 6.52. The number of hydrogen-bond donors (Lipinski definition) is 1. The lowest BCUT2D eigenvalue weighted by atomic mass is 10.1. The first-order valence-electron chi connectivity index (χ1n) is 5.74. The van der Waals surface area contributed by atoms with Crippen molar-refractivity contribution in [2.45, 2.75) is 12.5 Å². The molecule has 0 aromatic heterocycles. The Hall–Kier alpha value is -0.610. The van der Waals surface area contributed by atoms with Gasteiger partial charge in [0.1, 0.15) is 0 Å². The summed E-state index contributed by atoms with van der Waals surface area (Å²) in [6, 6.07) is 7.31. The van der Waals surface area contributed by atoms with Gasteiger partial charge in [-0.1, -0.05) is 23.7 Å². The van der Waals surface area contributed by atoms with Crippen LogP contribution in [0.15, 0.2) is 24.3 Å². The van der Waals surface area contributed by atoms with E-state index in [4.69, 9.17) is 16.3 Å². The number of aliphatic hydroxyl groups is 1. The molecule has 0 saturated heterocycles. The van der Waals surface area contributed by atoms with Gasteiger partial charge in [-0.15, -0.1) is 0 Å². The molecule has 0 bridgehead atoms. The molecule has 1 rings (SSSR count). The Labute approximate surface area is 108 Å². The highest BCUT2D eigenvalue weighted by Gasteiger charge is 2.10. The van der Waals surface area contributed by atoms with Gasteiger partial charge < -0.3 is 14.7 Å². The Balaban J connectivity index is 2.37. The van der Waals surface area contributed by atoms with Gasteiger partial charge >= 0.3 is 0 Å². The zero-order chi connectivity index (χ0) is 12.7. The smallest absolute Gasteiger partial charge is 0.0916 e. The van der Waals surface area contributed by atoms with Crippen molar-refractivity contribution in [2.24, 2.45) is 0 Å². The van der Waals surface area contributed by atoms with E-state index in [0.29, 0.717) is 11.6 Å². The molecule has 0 aliphatic rings. The summed E-state index contributed by atoms with van der Waals surface area (Å²) in [6.07, 6.45) is 0.500. The molecule has 3 nitrogen and oxygen atoms in total. The molecule has 1 aromatic rings. The van der Waals surface area contributed by atoms with Gasteiger partial charge in [0.25, 0.3) is 0 Å². The maximum Gasteiger partial charge on any atom is 0.0916 e. The second kappa shape index (κ2) is 7.67. The lowest BCUT2D eigenvalue weighted by Gasteiger charge is -2.20. The minimum atomic E-state index is -0.472. The summed E-state index contributed by atoms with van der Waals surface area (Å²) in [5.74, 6) is 0. The fourth-order valence-corrected chi connectivity index (χ4v) is 1.78. The highest BCUT2D eigenvalue weighted by molar-refractivity contribution is 6.30. The molecule has 0 heterocycles. The highest BCUT2D eigenvalue weighted by Crippen LogP contribution is 2.17. The normalized spacial score (nSPS) is 13.0. The van der Waals surface area contributed by atoms with Crippen molar-refractivity contribution in [3.63, 3.8) is 0 Å². The van der Waals surface area contributed by atoms with E-state index in [-0.39, 0.29) is 0 Å². The van der Waals surface area contributed by atoms with Crippen LogP contribution in [0.5, 0.6) is 0 Å². The molecule has 0 fully saturated rings. The standard InChI is InChI=1S/C13H20ClNO2/c1-15(8-3-9-17-2)10-13(16)11-4-6-12(14)7-5-11/h4-7,13,16H,3,8-10H2,1-2H3. The van der Waals surface area contributed by atoms with Crippen LogP contribution in [0.3, 0.4) is 0 Å². The van der Waals surface area contributed by atoms with E-state index in [9.17, 15) is 5.11 Å². The lowest BCUT2D eigenvalue weighted by Crippen LogP contribution is -2.26. The number of methoxy groups -OCH3 is 1. The van der Waals surface area contributed by atoms with Crippen molar-refractivity contribution in [3.8, 4) is 0 Å². The summed E-state index contributed by atoms with van der Waals surface area (Å²) in [5.41, 5.74) is 0.896. The van der Waals surface area contributed by atoms with Crippen LogP contribution in [0, 0.1) is 0 Å². The predicted molar refractivity (Wildman–Crippen MR) is 70.4 cm³/mol. The number of rotatable bonds is 7. The van der Waals surface area contributed by atoms with Crippen LogP contribution in [-0.4, -0.2) is 43.9 Å². The van der Waals surface area contributed by atoms with Crippen molar-refractivity contribution in [1.29, 1.82) is 0 Å². The molecular formula is C13H20ClNO2. The van der Waals surface area contributed by atoms with Gasteiger partial charge in [0.2, 0.25) is 0 Å². The van der Waals surface area contributed by atoms with Crippen molar-refractivity contribution in [2.75, 3.05) is 33.9 Å². The Morgan fingerprint density at radius 1 is 1.35 bits per heavy atom. The molecule has 0 aliphatic carbocycles. The SMILES string of the molecule is COCCCN(C)CC(O)c1ccc(Cl)cc1. The zero-order valence-electron chi connectivity index (χ0n) is 10.4. The van der Waals surface area contributed by atoms with E-state index >= 15 is 0 Å².